The van der Waals surface area contributed by atoms with E-state index >= 15 is 0 Å². The van der Waals surface area contributed by atoms with Crippen LogP contribution in [0.15, 0.2) is 48.5 Å². The number of benzene rings is 2. The molecule has 2 rings (SSSR count). The summed E-state index contributed by atoms with van der Waals surface area (Å²) in [6.07, 6.45) is 4.87. The van der Waals surface area contributed by atoms with Gasteiger partial charge in [-0.2, -0.15) is 0 Å². The fourth-order valence-electron chi connectivity index (χ4n) is 2.31. The third-order valence-corrected chi connectivity index (χ3v) is 3.99. The molecule has 8 heteroatoms. The number of carbonyl (C=O) groups is 1. The van der Waals surface area contributed by atoms with E-state index in [2.05, 4.69) is 10.0 Å². The van der Waals surface area contributed by atoms with Gasteiger partial charge in [0.05, 0.1) is 24.7 Å². The van der Waals surface area contributed by atoms with Crippen LogP contribution in [-0.4, -0.2) is 34.3 Å². The Kier molecular flexibility index (Phi) is 6.84. The van der Waals surface area contributed by atoms with E-state index in [-0.39, 0.29) is 12.3 Å². The van der Waals surface area contributed by atoms with Crippen LogP contribution >= 0.6 is 0 Å². The first-order valence-electron chi connectivity index (χ1n) is 8.12. The molecule has 2 aromatic carbocycles. The Labute approximate surface area is 159 Å². The van der Waals surface area contributed by atoms with E-state index in [0.717, 1.165) is 11.8 Å². The summed E-state index contributed by atoms with van der Waals surface area (Å²) in [5.74, 6) is 0.512. The van der Waals surface area contributed by atoms with Crippen molar-refractivity contribution in [1.29, 1.82) is 0 Å². The molecule has 0 radical (unpaired) electrons. The highest BCUT2D eigenvalue weighted by Crippen LogP contribution is 2.28. The summed E-state index contributed by atoms with van der Waals surface area (Å²) in [6.45, 7) is 1.66. The summed E-state index contributed by atoms with van der Waals surface area (Å²) in [5.41, 5.74) is 1.57. The zero-order valence-corrected chi connectivity index (χ0v) is 16.2. The number of sulfonamides is 1. The number of methoxy groups -OCH3 is 1. The zero-order chi connectivity index (χ0) is 19.9. The lowest BCUT2D eigenvalue weighted by Crippen LogP contribution is -2.21. The van der Waals surface area contributed by atoms with Crippen molar-refractivity contribution in [3.63, 3.8) is 0 Å². The number of amides is 1. The minimum Gasteiger partial charge on any atom is -0.493 e. The summed E-state index contributed by atoms with van der Waals surface area (Å²) in [5, 5.41) is 2.63. The van der Waals surface area contributed by atoms with Crippen molar-refractivity contribution < 1.29 is 22.7 Å². The van der Waals surface area contributed by atoms with E-state index in [0.29, 0.717) is 17.2 Å². The van der Waals surface area contributed by atoms with Crippen LogP contribution in [0.2, 0.25) is 0 Å². The molecular formula is C19H22N2O5S. The van der Waals surface area contributed by atoms with Gasteiger partial charge in [0.15, 0.2) is 18.1 Å². The van der Waals surface area contributed by atoms with Gasteiger partial charge in [-0.1, -0.05) is 30.4 Å². The fourth-order valence-corrected chi connectivity index (χ4v) is 2.89. The van der Waals surface area contributed by atoms with Gasteiger partial charge in [0.2, 0.25) is 10.0 Å². The monoisotopic (exact) mass is 390 g/mol. The molecule has 0 atom stereocenters. The minimum atomic E-state index is -3.46. The largest absolute Gasteiger partial charge is 0.493 e. The molecule has 0 unspecified atom stereocenters. The molecule has 7 nitrogen and oxygen atoms in total. The molecule has 0 heterocycles. The van der Waals surface area contributed by atoms with Gasteiger partial charge in [-0.05, 0) is 36.8 Å². The summed E-state index contributed by atoms with van der Waals surface area (Å²) in [6, 6.07) is 11.9. The standard InChI is InChI=1S/C19H22N2O5S/c1-4-7-14-10-11-17(18(12-14)25-2)26-13-19(22)20-15-8-5-6-9-16(15)21-27(3,23)24/h4-12,21H,13H2,1-3H3,(H,20,22)/b7-4+. The van der Waals surface area contributed by atoms with E-state index in [1.807, 2.05) is 25.1 Å². The quantitative estimate of drug-likeness (QED) is 0.722. The first-order chi connectivity index (χ1) is 12.8. The fraction of sp³-hybridized carbons (Fsp3) is 0.211. The average Bonchev–Trinajstić information content (AvgIpc) is 2.61. The maximum Gasteiger partial charge on any atom is 0.262 e. The lowest BCUT2D eigenvalue weighted by molar-refractivity contribution is -0.118. The smallest absolute Gasteiger partial charge is 0.262 e. The van der Waals surface area contributed by atoms with Crippen LogP contribution in [0.5, 0.6) is 11.5 Å². The van der Waals surface area contributed by atoms with Crippen molar-refractivity contribution in [2.45, 2.75) is 6.92 Å². The minimum absolute atomic E-state index is 0.257. The summed E-state index contributed by atoms with van der Waals surface area (Å²) < 4.78 is 36.0. The van der Waals surface area contributed by atoms with E-state index in [1.165, 1.54) is 7.11 Å². The highest BCUT2D eigenvalue weighted by molar-refractivity contribution is 7.92. The zero-order valence-electron chi connectivity index (χ0n) is 15.4. The van der Waals surface area contributed by atoms with Crippen molar-refractivity contribution in [3.05, 3.63) is 54.1 Å². The second-order valence-electron chi connectivity index (χ2n) is 5.67. The highest BCUT2D eigenvalue weighted by atomic mass is 32.2. The molecule has 144 valence electrons. The molecule has 0 bridgehead atoms. The number of ether oxygens (including phenoxy) is 2. The number of anilines is 2. The van der Waals surface area contributed by atoms with Crippen LogP contribution in [0.1, 0.15) is 12.5 Å². The van der Waals surface area contributed by atoms with E-state index in [9.17, 15) is 13.2 Å². The Balaban J connectivity index is 2.05. The molecule has 2 N–H and O–H groups in total. The third kappa shape index (κ3) is 6.34. The number of carbonyl (C=O) groups excluding carboxylic acids is 1. The van der Waals surface area contributed by atoms with Crippen molar-refractivity contribution >= 4 is 33.4 Å². The van der Waals surface area contributed by atoms with Gasteiger partial charge in [-0.25, -0.2) is 8.42 Å². The predicted octanol–water partition coefficient (Wildman–Crippen LogP) is 3.12. The van der Waals surface area contributed by atoms with Crippen LogP contribution in [0.3, 0.4) is 0 Å². The first kappa shape index (κ1) is 20.3. The molecule has 0 aliphatic heterocycles. The maximum absolute atomic E-state index is 12.2. The van der Waals surface area contributed by atoms with Gasteiger partial charge in [-0.15, -0.1) is 0 Å². The predicted molar refractivity (Wildman–Crippen MR) is 107 cm³/mol. The SMILES string of the molecule is C/C=C/c1ccc(OCC(=O)Nc2ccccc2NS(C)(=O)=O)c(OC)c1. The number of allylic oxidation sites excluding steroid dienone is 1. The molecule has 0 aliphatic carbocycles. The molecule has 0 saturated carbocycles. The second kappa shape index (κ2) is 9.09. The van der Waals surface area contributed by atoms with Gasteiger partial charge >= 0.3 is 0 Å². The van der Waals surface area contributed by atoms with Gasteiger partial charge in [0.1, 0.15) is 0 Å². The molecule has 0 aliphatic rings. The number of rotatable bonds is 8. The van der Waals surface area contributed by atoms with Crippen LogP contribution < -0.4 is 19.5 Å². The molecule has 2 aromatic rings. The number of hydrogen-bond donors (Lipinski definition) is 2. The molecule has 0 saturated heterocycles. The number of para-hydroxylation sites is 2. The van der Waals surface area contributed by atoms with E-state index < -0.39 is 15.9 Å². The maximum atomic E-state index is 12.2. The second-order valence-corrected chi connectivity index (χ2v) is 7.42. The van der Waals surface area contributed by atoms with Crippen molar-refractivity contribution in [2.75, 3.05) is 30.0 Å². The van der Waals surface area contributed by atoms with Crippen molar-refractivity contribution in [2.24, 2.45) is 0 Å². The molecule has 0 fully saturated rings. The summed E-state index contributed by atoms with van der Waals surface area (Å²) in [7, 11) is -1.94. The van der Waals surface area contributed by atoms with Gasteiger partial charge < -0.3 is 14.8 Å². The molecular weight excluding hydrogens is 368 g/mol. The van der Waals surface area contributed by atoms with Crippen LogP contribution in [0.4, 0.5) is 11.4 Å². The Hall–Kier alpha value is -3.00. The summed E-state index contributed by atoms with van der Waals surface area (Å²) in [4.78, 5) is 12.2. The number of hydrogen-bond acceptors (Lipinski definition) is 5. The van der Waals surface area contributed by atoms with Crippen LogP contribution in [0.25, 0.3) is 6.08 Å². The number of nitrogens with one attached hydrogen (secondary N) is 2. The Bertz CT molecular complexity index is 939. The lowest BCUT2D eigenvalue weighted by atomic mass is 10.2. The first-order valence-corrected chi connectivity index (χ1v) is 10.0. The lowest BCUT2D eigenvalue weighted by Gasteiger charge is -2.13. The Morgan fingerprint density at radius 3 is 2.44 bits per heavy atom. The van der Waals surface area contributed by atoms with E-state index in [1.54, 1.807) is 36.4 Å². The molecule has 0 aromatic heterocycles. The molecule has 0 spiro atoms. The normalized spacial score (nSPS) is 11.2. The van der Waals surface area contributed by atoms with Crippen molar-refractivity contribution in [1.82, 2.24) is 0 Å². The summed E-state index contributed by atoms with van der Waals surface area (Å²) >= 11 is 0. The average molecular weight is 390 g/mol. The Morgan fingerprint density at radius 2 is 1.81 bits per heavy atom. The molecule has 1 amide bonds. The van der Waals surface area contributed by atoms with Crippen molar-refractivity contribution in [3.8, 4) is 11.5 Å². The Morgan fingerprint density at radius 1 is 1.11 bits per heavy atom. The van der Waals surface area contributed by atoms with Crippen LogP contribution in [-0.2, 0) is 14.8 Å². The van der Waals surface area contributed by atoms with Crippen LogP contribution in [0, 0.1) is 0 Å². The third-order valence-electron chi connectivity index (χ3n) is 3.40. The van der Waals surface area contributed by atoms with Gasteiger partial charge in [0.25, 0.3) is 5.91 Å². The van der Waals surface area contributed by atoms with Gasteiger partial charge in [0, 0.05) is 0 Å². The topological polar surface area (TPSA) is 93.7 Å². The highest BCUT2D eigenvalue weighted by Gasteiger charge is 2.12. The van der Waals surface area contributed by atoms with Gasteiger partial charge in [-0.3, -0.25) is 9.52 Å². The van der Waals surface area contributed by atoms with E-state index in [4.69, 9.17) is 9.47 Å². The molecule has 27 heavy (non-hydrogen) atoms.